The SMILES string of the molecule is CCc1ccc(N2C(=O)C3CC=C4C(CC5C(=O)N(Nc6ccc(Cl)cc6Cl)C(=O)C5(c5ccc(OC)cc5)C4C=Cc4cc(OC)c(O)c(OC)c4)C3C2=O)cc1. The maximum Gasteiger partial charge on any atom is 0.260 e. The van der Waals surface area contributed by atoms with Crippen LogP contribution in [-0.2, 0) is 31.0 Å². The lowest BCUT2D eigenvalue weighted by molar-refractivity contribution is -0.139. The van der Waals surface area contributed by atoms with Crippen molar-refractivity contribution in [2.75, 3.05) is 31.7 Å². The van der Waals surface area contributed by atoms with Crippen LogP contribution in [0.1, 0.15) is 36.5 Å². The Morgan fingerprint density at radius 3 is 2.16 bits per heavy atom. The van der Waals surface area contributed by atoms with Crippen LogP contribution in [0.3, 0.4) is 0 Å². The van der Waals surface area contributed by atoms with Gasteiger partial charge in [0.05, 0.1) is 60.9 Å². The van der Waals surface area contributed by atoms with Crippen molar-refractivity contribution < 1.29 is 38.5 Å². The Hall–Kier alpha value is -5.78. The van der Waals surface area contributed by atoms with Gasteiger partial charge in [-0.15, -0.1) is 0 Å². The third-order valence-corrected chi connectivity index (χ3v) is 12.8. The molecular formula is C45H41Cl2N3O8. The summed E-state index contributed by atoms with van der Waals surface area (Å²) in [4.78, 5) is 60.6. The number of hydrogen-bond acceptors (Lipinski definition) is 9. The first kappa shape index (κ1) is 39.1. The van der Waals surface area contributed by atoms with Gasteiger partial charge in [-0.25, -0.2) is 0 Å². The standard InChI is InChI=1S/C45H41Cl2N3O8/c1-5-24-6-12-28(13-7-24)49-41(52)31-17-16-30-32(39(31)43(49)54)23-34-42(53)50(48-36-19-11-27(46)22-35(36)47)44(55)45(34,26-9-14-29(56-2)15-10-26)33(30)18-8-25-20-37(57-3)40(51)38(21-25)58-4/h6-16,18-22,31-34,39,48,51H,5,17,23H2,1-4H3. The van der Waals surface area contributed by atoms with Gasteiger partial charge >= 0.3 is 0 Å². The Balaban J connectivity index is 1.31. The van der Waals surface area contributed by atoms with Crippen LogP contribution < -0.4 is 24.5 Å². The molecule has 4 aliphatic rings. The molecule has 2 saturated heterocycles. The van der Waals surface area contributed by atoms with Crippen LogP contribution in [-0.4, -0.2) is 55.1 Å². The molecule has 0 spiro atoms. The van der Waals surface area contributed by atoms with Gasteiger partial charge in [0.15, 0.2) is 11.5 Å². The lowest BCUT2D eigenvalue weighted by Crippen LogP contribution is -2.54. The minimum atomic E-state index is -1.53. The fourth-order valence-corrected chi connectivity index (χ4v) is 9.89. The molecule has 2 aliphatic carbocycles. The van der Waals surface area contributed by atoms with Crippen molar-refractivity contribution >= 4 is 64.3 Å². The molecule has 3 fully saturated rings. The fraction of sp³-hybridized carbons (Fsp3) is 0.289. The number of imide groups is 2. The van der Waals surface area contributed by atoms with E-state index >= 15 is 4.79 Å². The van der Waals surface area contributed by atoms with Crippen molar-refractivity contribution in [1.29, 1.82) is 0 Å². The van der Waals surface area contributed by atoms with Gasteiger partial charge in [-0.3, -0.25) is 29.5 Å². The number of carbonyl (C=O) groups is 4. The highest BCUT2D eigenvalue weighted by atomic mass is 35.5. The molecule has 2 N–H and O–H groups in total. The number of benzene rings is 4. The number of nitrogens with zero attached hydrogens (tertiary/aromatic N) is 2. The van der Waals surface area contributed by atoms with Crippen molar-refractivity contribution in [3.05, 3.63) is 123 Å². The van der Waals surface area contributed by atoms with Crippen LogP contribution in [0.4, 0.5) is 11.4 Å². The normalized spacial score (nSPS) is 25.1. The zero-order chi connectivity index (χ0) is 41.0. The molecule has 4 amide bonds. The van der Waals surface area contributed by atoms with Gasteiger partial charge in [-0.05, 0) is 96.5 Å². The van der Waals surface area contributed by atoms with E-state index in [0.717, 1.165) is 22.6 Å². The molecule has 6 atom stereocenters. The Kier molecular flexibility index (Phi) is 10.2. The van der Waals surface area contributed by atoms with Crippen LogP contribution in [0.5, 0.6) is 23.0 Å². The molecule has 58 heavy (non-hydrogen) atoms. The average Bonchev–Trinajstić information content (AvgIpc) is 3.62. The van der Waals surface area contributed by atoms with E-state index in [4.69, 9.17) is 37.4 Å². The fourth-order valence-electron chi connectivity index (χ4n) is 9.44. The summed E-state index contributed by atoms with van der Waals surface area (Å²) >= 11 is 12.8. The first-order valence-corrected chi connectivity index (χ1v) is 19.8. The van der Waals surface area contributed by atoms with E-state index in [1.165, 1.54) is 25.2 Å². The van der Waals surface area contributed by atoms with Gasteiger partial charge in [0.25, 0.3) is 11.8 Å². The number of fused-ring (bicyclic) bond motifs is 4. The number of methoxy groups -OCH3 is 3. The third kappa shape index (κ3) is 6.10. The zero-order valence-electron chi connectivity index (χ0n) is 32.2. The number of aryl methyl sites for hydroxylation is 1. The second-order valence-corrected chi connectivity index (χ2v) is 15.8. The molecule has 4 aromatic rings. The molecular weight excluding hydrogens is 781 g/mol. The minimum Gasteiger partial charge on any atom is -0.502 e. The smallest absolute Gasteiger partial charge is 0.260 e. The molecule has 298 valence electrons. The number of carbonyl (C=O) groups excluding carboxylic acids is 4. The second kappa shape index (κ2) is 15.2. The topological polar surface area (TPSA) is 135 Å². The maximum atomic E-state index is 15.5. The summed E-state index contributed by atoms with van der Waals surface area (Å²) in [7, 11) is 4.40. The van der Waals surface area contributed by atoms with Crippen molar-refractivity contribution in [3.63, 3.8) is 0 Å². The molecule has 6 unspecified atom stereocenters. The molecule has 0 aromatic heterocycles. The van der Waals surface area contributed by atoms with Crippen molar-refractivity contribution in [2.45, 2.75) is 31.6 Å². The number of nitrogens with one attached hydrogen (secondary N) is 1. The number of allylic oxidation sites excluding steroid dienone is 3. The summed E-state index contributed by atoms with van der Waals surface area (Å²) in [6.45, 7) is 2.03. The van der Waals surface area contributed by atoms with E-state index < -0.39 is 46.8 Å². The van der Waals surface area contributed by atoms with Crippen LogP contribution in [0, 0.1) is 29.6 Å². The Labute approximate surface area is 345 Å². The van der Waals surface area contributed by atoms with Gasteiger partial charge in [0.2, 0.25) is 17.6 Å². The Bertz CT molecular complexity index is 2370. The number of amides is 4. The number of hydrogen-bond donors (Lipinski definition) is 2. The van der Waals surface area contributed by atoms with E-state index in [-0.39, 0.29) is 46.9 Å². The van der Waals surface area contributed by atoms with Crippen LogP contribution >= 0.6 is 23.2 Å². The van der Waals surface area contributed by atoms with Crippen LogP contribution in [0.2, 0.25) is 10.0 Å². The zero-order valence-corrected chi connectivity index (χ0v) is 33.7. The van der Waals surface area contributed by atoms with Crippen molar-refractivity contribution in [1.82, 2.24) is 5.01 Å². The molecule has 1 saturated carbocycles. The number of hydrazine groups is 1. The lowest BCUT2D eigenvalue weighted by Gasteiger charge is -2.49. The number of aromatic hydroxyl groups is 1. The molecule has 8 rings (SSSR count). The highest BCUT2D eigenvalue weighted by Gasteiger charge is 2.69. The number of halogens is 2. The summed E-state index contributed by atoms with van der Waals surface area (Å²) < 4.78 is 16.4. The summed E-state index contributed by atoms with van der Waals surface area (Å²) in [6, 6.07) is 22.5. The molecule has 0 radical (unpaired) electrons. The first-order chi connectivity index (χ1) is 28.0. The third-order valence-electron chi connectivity index (χ3n) is 12.2. The van der Waals surface area contributed by atoms with E-state index in [9.17, 15) is 19.5 Å². The number of ether oxygens (including phenoxy) is 3. The quantitative estimate of drug-likeness (QED) is 0.121. The lowest BCUT2D eigenvalue weighted by atomic mass is 9.50. The first-order valence-electron chi connectivity index (χ1n) is 19.0. The highest BCUT2D eigenvalue weighted by molar-refractivity contribution is 6.36. The maximum absolute atomic E-state index is 15.5. The number of anilines is 2. The number of phenolic OH excluding ortho intramolecular Hbond substituents is 1. The molecule has 0 bridgehead atoms. The van der Waals surface area contributed by atoms with Gasteiger partial charge in [0.1, 0.15) is 5.75 Å². The molecule has 4 aromatic carbocycles. The highest BCUT2D eigenvalue weighted by Crippen LogP contribution is 2.62. The molecule has 13 heteroatoms. The average molecular weight is 823 g/mol. The van der Waals surface area contributed by atoms with E-state index in [1.54, 1.807) is 73.8 Å². The predicted octanol–water partition coefficient (Wildman–Crippen LogP) is 8.02. The minimum absolute atomic E-state index is 0.114. The monoisotopic (exact) mass is 821 g/mol. The van der Waals surface area contributed by atoms with Gasteiger partial charge < -0.3 is 19.3 Å². The van der Waals surface area contributed by atoms with E-state index in [1.807, 2.05) is 31.2 Å². The molecule has 2 aliphatic heterocycles. The van der Waals surface area contributed by atoms with Gasteiger partial charge in [0, 0.05) is 10.9 Å². The van der Waals surface area contributed by atoms with Crippen LogP contribution in [0.15, 0.2) is 96.6 Å². The Morgan fingerprint density at radius 2 is 1.53 bits per heavy atom. The number of rotatable bonds is 10. The van der Waals surface area contributed by atoms with Gasteiger partial charge in [-0.1, -0.05) is 78.2 Å². The predicted molar refractivity (Wildman–Crippen MR) is 220 cm³/mol. The second-order valence-electron chi connectivity index (χ2n) is 14.9. The van der Waals surface area contributed by atoms with Crippen LogP contribution in [0.25, 0.3) is 6.08 Å². The number of phenols is 1. The summed E-state index contributed by atoms with van der Waals surface area (Å²) in [6.07, 6.45) is 6.83. The molecule has 11 nitrogen and oxygen atoms in total. The Morgan fingerprint density at radius 1 is 0.845 bits per heavy atom. The van der Waals surface area contributed by atoms with Crippen molar-refractivity contribution in [3.8, 4) is 23.0 Å². The summed E-state index contributed by atoms with van der Waals surface area (Å²) in [5.41, 5.74) is 5.27. The summed E-state index contributed by atoms with van der Waals surface area (Å²) in [5, 5.41) is 12.3. The molecule has 2 heterocycles. The van der Waals surface area contributed by atoms with E-state index in [2.05, 4.69) is 5.43 Å². The largest absolute Gasteiger partial charge is 0.502 e. The van der Waals surface area contributed by atoms with Crippen molar-refractivity contribution in [2.24, 2.45) is 29.6 Å². The summed E-state index contributed by atoms with van der Waals surface area (Å²) in [5.74, 6) is -4.71. The van der Waals surface area contributed by atoms with Gasteiger partial charge in [-0.2, -0.15) is 5.01 Å². The van der Waals surface area contributed by atoms with E-state index in [0.29, 0.717) is 33.3 Å².